The fraction of sp³-hybridized carbons (Fsp3) is 0. The largest absolute Gasteiger partial charge is 0.382 e. The highest BCUT2D eigenvalue weighted by Crippen LogP contribution is 2.16. The highest BCUT2D eigenvalue weighted by molar-refractivity contribution is 6.04. The normalized spacial score (nSPS) is 10.3. The molecule has 1 aromatic heterocycles. The zero-order chi connectivity index (χ0) is 8.55. The van der Waals surface area contributed by atoms with Crippen molar-refractivity contribution >= 4 is 16.8 Å². The van der Waals surface area contributed by atoms with Crippen LogP contribution in [0.1, 0.15) is 5.69 Å². The molecule has 0 spiro atoms. The molecule has 59 valence electrons. The maximum absolute atomic E-state index is 7.18. The molecular formula is C8H6N3O. The predicted octanol–water partition coefficient (Wildman–Crippen LogP) is 0.912. The Morgan fingerprint density at radius 3 is 3.25 bits per heavy atom. The quantitative estimate of drug-likeness (QED) is 0.481. The van der Waals surface area contributed by atoms with E-state index in [0.717, 1.165) is 5.39 Å². The van der Waals surface area contributed by atoms with Gasteiger partial charge in [0, 0.05) is 0 Å². The van der Waals surface area contributed by atoms with Crippen molar-refractivity contribution in [1.82, 2.24) is 5.16 Å². The van der Waals surface area contributed by atoms with Crippen molar-refractivity contribution in [3.8, 4) is 0 Å². The zero-order valence-corrected chi connectivity index (χ0v) is 6.16. The second-order valence-corrected chi connectivity index (χ2v) is 2.37. The highest BCUT2D eigenvalue weighted by atomic mass is 16.5. The second-order valence-electron chi connectivity index (χ2n) is 2.37. The molecular weight excluding hydrogens is 154 g/mol. The third kappa shape index (κ3) is 0.852. The lowest BCUT2D eigenvalue weighted by Gasteiger charge is -1.88. The van der Waals surface area contributed by atoms with E-state index in [1.165, 1.54) is 0 Å². The van der Waals surface area contributed by atoms with E-state index in [4.69, 9.17) is 15.7 Å². The Bertz CT molecular complexity index is 433. The standard InChI is InChI=1S/C8H6N3O/c9-8(10)7-5-3-1-2-4-6(5)12-11-7/h1,3-4H,(H3,9,10). The van der Waals surface area contributed by atoms with Crippen LogP contribution < -0.4 is 5.73 Å². The minimum absolute atomic E-state index is 0.0834. The maximum atomic E-state index is 7.18. The Labute approximate surface area is 68.5 Å². The van der Waals surface area contributed by atoms with E-state index < -0.39 is 0 Å². The topological polar surface area (TPSA) is 75.9 Å². The van der Waals surface area contributed by atoms with Crippen molar-refractivity contribution < 1.29 is 4.52 Å². The summed E-state index contributed by atoms with van der Waals surface area (Å²) in [6, 6.07) is 8.00. The van der Waals surface area contributed by atoms with Gasteiger partial charge in [0.1, 0.15) is 5.84 Å². The Hall–Kier alpha value is -1.84. The van der Waals surface area contributed by atoms with Gasteiger partial charge in [0.05, 0.1) is 5.39 Å². The zero-order valence-electron chi connectivity index (χ0n) is 6.16. The van der Waals surface area contributed by atoms with Gasteiger partial charge in [0.15, 0.2) is 11.3 Å². The van der Waals surface area contributed by atoms with Crippen LogP contribution in [0, 0.1) is 11.5 Å². The molecule has 0 unspecified atom stereocenters. The summed E-state index contributed by atoms with van der Waals surface area (Å²) in [5.41, 5.74) is 6.26. The number of nitrogens with two attached hydrogens (primary N) is 1. The molecule has 1 radical (unpaired) electrons. The van der Waals surface area contributed by atoms with Crippen LogP contribution in [0.15, 0.2) is 22.7 Å². The van der Waals surface area contributed by atoms with Gasteiger partial charge in [-0.25, -0.2) is 0 Å². The molecule has 0 amide bonds. The molecule has 0 aliphatic heterocycles. The van der Waals surface area contributed by atoms with Crippen molar-refractivity contribution in [3.63, 3.8) is 0 Å². The van der Waals surface area contributed by atoms with Crippen LogP contribution in [-0.4, -0.2) is 11.0 Å². The van der Waals surface area contributed by atoms with Crippen LogP contribution in [0.4, 0.5) is 0 Å². The number of nitrogens with zero attached hydrogens (tertiary/aromatic N) is 1. The van der Waals surface area contributed by atoms with E-state index >= 15 is 0 Å². The van der Waals surface area contributed by atoms with Crippen LogP contribution >= 0.6 is 0 Å². The summed E-state index contributed by atoms with van der Waals surface area (Å²) in [4.78, 5) is 0. The third-order valence-corrected chi connectivity index (χ3v) is 1.57. The monoisotopic (exact) mass is 160 g/mol. The van der Waals surface area contributed by atoms with Gasteiger partial charge in [-0.05, 0) is 18.2 Å². The lowest BCUT2D eigenvalue weighted by molar-refractivity contribution is 0.454. The van der Waals surface area contributed by atoms with E-state index in [2.05, 4.69) is 11.2 Å². The van der Waals surface area contributed by atoms with Crippen molar-refractivity contribution in [1.29, 1.82) is 5.41 Å². The number of rotatable bonds is 1. The maximum Gasteiger partial charge on any atom is 0.168 e. The molecule has 1 heterocycles. The molecule has 0 aliphatic rings. The first-order valence-corrected chi connectivity index (χ1v) is 3.39. The van der Waals surface area contributed by atoms with Gasteiger partial charge in [-0.15, -0.1) is 0 Å². The van der Waals surface area contributed by atoms with E-state index in [1.54, 1.807) is 18.2 Å². The van der Waals surface area contributed by atoms with Crippen molar-refractivity contribution in [2.75, 3.05) is 0 Å². The van der Waals surface area contributed by atoms with Crippen LogP contribution in [-0.2, 0) is 0 Å². The van der Waals surface area contributed by atoms with E-state index in [9.17, 15) is 0 Å². The number of hydrogen-bond acceptors (Lipinski definition) is 3. The highest BCUT2D eigenvalue weighted by Gasteiger charge is 2.08. The summed E-state index contributed by atoms with van der Waals surface area (Å²) in [6.45, 7) is 0. The molecule has 0 fully saturated rings. The van der Waals surface area contributed by atoms with Crippen LogP contribution in [0.25, 0.3) is 11.0 Å². The second kappa shape index (κ2) is 2.34. The van der Waals surface area contributed by atoms with E-state index in [1.807, 2.05) is 0 Å². The van der Waals surface area contributed by atoms with Gasteiger partial charge in [0.25, 0.3) is 0 Å². The fourth-order valence-corrected chi connectivity index (χ4v) is 1.02. The van der Waals surface area contributed by atoms with Crippen molar-refractivity contribution in [2.24, 2.45) is 5.73 Å². The van der Waals surface area contributed by atoms with E-state index in [0.29, 0.717) is 11.3 Å². The van der Waals surface area contributed by atoms with Crippen LogP contribution in [0.3, 0.4) is 0 Å². The van der Waals surface area contributed by atoms with Crippen molar-refractivity contribution in [2.45, 2.75) is 0 Å². The first-order chi connectivity index (χ1) is 5.79. The van der Waals surface area contributed by atoms with Gasteiger partial charge in [-0.1, -0.05) is 11.2 Å². The van der Waals surface area contributed by atoms with Gasteiger partial charge >= 0.3 is 0 Å². The number of amidine groups is 1. The lowest BCUT2D eigenvalue weighted by atomic mass is 10.2. The SMILES string of the molecule is N=C(N)c1noc2c[c]ccc12. The molecule has 4 heteroatoms. The average molecular weight is 160 g/mol. The minimum atomic E-state index is -0.0834. The number of hydrogen-bond donors (Lipinski definition) is 2. The minimum Gasteiger partial charge on any atom is -0.382 e. The Morgan fingerprint density at radius 1 is 1.67 bits per heavy atom. The number of fused-ring (bicyclic) bond motifs is 1. The molecule has 0 saturated heterocycles. The van der Waals surface area contributed by atoms with Crippen molar-refractivity contribution in [3.05, 3.63) is 30.0 Å². The molecule has 0 atom stereocenters. The molecule has 2 rings (SSSR count). The summed E-state index contributed by atoms with van der Waals surface area (Å²) in [7, 11) is 0. The summed E-state index contributed by atoms with van der Waals surface area (Å²) in [5, 5.41) is 11.6. The van der Waals surface area contributed by atoms with E-state index in [-0.39, 0.29) is 5.84 Å². The van der Waals surface area contributed by atoms with Gasteiger partial charge in [0.2, 0.25) is 0 Å². The Kier molecular flexibility index (Phi) is 1.33. The molecule has 0 saturated carbocycles. The average Bonchev–Trinajstić information content (AvgIpc) is 2.47. The van der Waals surface area contributed by atoms with Crippen LogP contribution in [0.2, 0.25) is 0 Å². The smallest absolute Gasteiger partial charge is 0.168 e. The number of nitrogen functional groups attached to an aromatic ring is 1. The Morgan fingerprint density at radius 2 is 2.50 bits per heavy atom. The van der Waals surface area contributed by atoms with Crippen LogP contribution in [0.5, 0.6) is 0 Å². The lowest BCUT2D eigenvalue weighted by Crippen LogP contribution is -2.11. The summed E-state index contributed by atoms with van der Waals surface area (Å²) in [5.74, 6) is -0.0834. The molecule has 3 N–H and O–H groups in total. The predicted molar refractivity (Wildman–Crippen MR) is 43.9 cm³/mol. The van der Waals surface area contributed by atoms with Gasteiger partial charge in [-0.2, -0.15) is 0 Å². The number of aromatic nitrogens is 1. The first kappa shape index (κ1) is 6.84. The molecule has 4 nitrogen and oxygen atoms in total. The molecule has 1 aromatic carbocycles. The Balaban J connectivity index is 2.79. The molecule has 0 aliphatic carbocycles. The number of benzene rings is 1. The van der Waals surface area contributed by atoms with Gasteiger partial charge < -0.3 is 10.3 Å². The molecule has 0 bridgehead atoms. The summed E-state index contributed by atoms with van der Waals surface area (Å²) >= 11 is 0. The van der Waals surface area contributed by atoms with Gasteiger partial charge in [-0.3, -0.25) is 5.41 Å². The third-order valence-electron chi connectivity index (χ3n) is 1.57. The molecule has 12 heavy (non-hydrogen) atoms. The first-order valence-electron chi connectivity index (χ1n) is 3.39. The molecule has 2 aromatic rings. The summed E-state index contributed by atoms with van der Waals surface area (Å²) < 4.78 is 4.91. The fourth-order valence-electron chi connectivity index (χ4n) is 1.02. The summed E-state index contributed by atoms with van der Waals surface area (Å²) in [6.07, 6.45) is 0. The number of nitrogens with one attached hydrogen (secondary N) is 1.